The molecule has 3 amide bonds. The van der Waals surface area contributed by atoms with Crippen LogP contribution in [0.4, 0.5) is 0 Å². The molecule has 0 aromatic heterocycles. The molecule has 7 nitrogen and oxygen atoms in total. The molecule has 2 bridgehead atoms. The van der Waals surface area contributed by atoms with Crippen molar-refractivity contribution in [1.82, 2.24) is 15.1 Å². The molecule has 0 spiro atoms. The quantitative estimate of drug-likeness (QED) is 0.752. The van der Waals surface area contributed by atoms with Gasteiger partial charge in [-0.2, -0.15) is 0 Å². The second-order valence-corrected chi connectivity index (χ2v) is 9.92. The standard InChI is InChI=1S/C24H29N3O4/c28-21-16-12-24(13-16,23(30)25-21)27-14-15-11-17(7-8-18(15)22(27)29)31-20-6-2-1-5-19(20)26-9-3-4-10-26/h7-8,11,16,19-20H,1-6,9-10,12-14H2,(H,25,28,30). The number of fused-ring (bicyclic) bond motifs is 3. The Morgan fingerprint density at radius 2 is 1.77 bits per heavy atom. The third-order valence-corrected chi connectivity index (χ3v) is 8.16. The molecule has 31 heavy (non-hydrogen) atoms. The van der Waals surface area contributed by atoms with Crippen LogP contribution in [0.3, 0.4) is 0 Å². The lowest BCUT2D eigenvalue weighted by atomic mass is 9.63. The van der Waals surface area contributed by atoms with Gasteiger partial charge >= 0.3 is 0 Å². The average Bonchev–Trinajstić information content (AvgIpc) is 3.36. The molecule has 3 saturated heterocycles. The number of nitrogens with one attached hydrogen (secondary N) is 1. The van der Waals surface area contributed by atoms with Gasteiger partial charge < -0.3 is 9.64 Å². The van der Waals surface area contributed by atoms with Gasteiger partial charge in [0.1, 0.15) is 17.4 Å². The van der Waals surface area contributed by atoms with E-state index in [9.17, 15) is 14.4 Å². The number of nitrogens with zero attached hydrogens (tertiary/aromatic N) is 2. The monoisotopic (exact) mass is 423 g/mol. The van der Waals surface area contributed by atoms with Gasteiger partial charge in [0, 0.05) is 24.1 Å². The van der Waals surface area contributed by atoms with Gasteiger partial charge in [-0.05, 0) is 81.8 Å². The van der Waals surface area contributed by atoms with E-state index in [-0.39, 0.29) is 29.7 Å². The first kappa shape index (κ1) is 19.3. The molecule has 164 valence electrons. The lowest BCUT2D eigenvalue weighted by Crippen LogP contribution is -2.73. The summed E-state index contributed by atoms with van der Waals surface area (Å²) in [5, 5.41) is 2.44. The highest BCUT2D eigenvalue weighted by Gasteiger charge is 2.62. The Morgan fingerprint density at radius 1 is 1.00 bits per heavy atom. The van der Waals surface area contributed by atoms with Crippen LogP contribution in [0.1, 0.15) is 67.3 Å². The van der Waals surface area contributed by atoms with Crippen molar-refractivity contribution in [2.75, 3.05) is 13.1 Å². The molecule has 1 aromatic rings. The van der Waals surface area contributed by atoms with Gasteiger partial charge in [-0.1, -0.05) is 6.42 Å². The highest BCUT2D eigenvalue weighted by molar-refractivity contribution is 6.10. The third kappa shape index (κ3) is 2.93. The molecule has 1 N–H and O–H groups in total. The fraction of sp³-hybridized carbons (Fsp3) is 0.625. The molecule has 4 aliphatic heterocycles. The highest BCUT2D eigenvalue weighted by atomic mass is 16.5. The Morgan fingerprint density at radius 3 is 2.55 bits per heavy atom. The van der Waals surface area contributed by atoms with Crippen molar-refractivity contribution in [3.63, 3.8) is 0 Å². The number of ether oxygens (including phenoxy) is 1. The summed E-state index contributed by atoms with van der Waals surface area (Å²) in [6.07, 6.45) is 8.37. The molecule has 2 atom stereocenters. The Bertz CT molecular complexity index is 948. The fourth-order valence-electron chi connectivity index (χ4n) is 6.40. The minimum absolute atomic E-state index is 0.114. The Kier molecular flexibility index (Phi) is 4.39. The van der Waals surface area contributed by atoms with E-state index in [1.165, 1.54) is 45.2 Å². The number of carbonyl (C=O) groups is 3. The molecule has 0 radical (unpaired) electrons. The minimum atomic E-state index is -0.861. The van der Waals surface area contributed by atoms with Gasteiger partial charge in [-0.15, -0.1) is 0 Å². The molecular weight excluding hydrogens is 394 g/mol. The van der Waals surface area contributed by atoms with Gasteiger partial charge in [0.15, 0.2) is 0 Å². The van der Waals surface area contributed by atoms with E-state index in [1.807, 2.05) is 18.2 Å². The Labute approximate surface area is 182 Å². The number of imide groups is 1. The maximum Gasteiger partial charge on any atom is 0.255 e. The number of hydrogen-bond acceptors (Lipinski definition) is 5. The summed E-state index contributed by atoms with van der Waals surface area (Å²) >= 11 is 0. The molecule has 6 aliphatic rings. The molecule has 2 saturated carbocycles. The van der Waals surface area contributed by atoms with Crippen molar-refractivity contribution in [3.8, 4) is 5.75 Å². The van der Waals surface area contributed by atoms with Crippen LogP contribution in [0, 0.1) is 5.92 Å². The van der Waals surface area contributed by atoms with Gasteiger partial charge in [0.2, 0.25) is 5.91 Å². The minimum Gasteiger partial charge on any atom is -0.489 e. The first-order valence-corrected chi connectivity index (χ1v) is 11.8. The fourth-order valence-corrected chi connectivity index (χ4v) is 6.40. The van der Waals surface area contributed by atoms with Crippen LogP contribution >= 0.6 is 0 Å². The maximum absolute atomic E-state index is 13.1. The molecule has 7 heteroatoms. The summed E-state index contributed by atoms with van der Waals surface area (Å²) in [7, 11) is 0. The second-order valence-electron chi connectivity index (χ2n) is 9.92. The SMILES string of the molecule is O=C1NC(=O)C2(N3Cc4cc(OC5CCCCC5N5CCCC5)ccc4C3=O)CC1C2. The Hall–Kier alpha value is -2.41. The zero-order chi connectivity index (χ0) is 21.2. The smallest absolute Gasteiger partial charge is 0.255 e. The number of carbonyl (C=O) groups excluding carboxylic acids is 3. The number of likely N-dealkylation sites (tertiary alicyclic amines) is 1. The van der Waals surface area contributed by atoms with Gasteiger partial charge in [0.25, 0.3) is 11.8 Å². The largest absolute Gasteiger partial charge is 0.489 e. The van der Waals surface area contributed by atoms with Crippen LogP contribution < -0.4 is 10.1 Å². The van der Waals surface area contributed by atoms with Gasteiger partial charge in [-0.3, -0.25) is 24.6 Å². The molecule has 5 fully saturated rings. The topological polar surface area (TPSA) is 79.0 Å². The first-order chi connectivity index (χ1) is 15.0. The summed E-state index contributed by atoms with van der Waals surface area (Å²) in [5.74, 6) is 0.0239. The molecular formula is C24H29N3O4. The highest BCUT2D eigenvalue weighted by Crippen LogP contribution is 2.49. The van der Waals surface area contributed by atoms with Crippen LogP contribution in [0.25, 0.3) is 0 Å². The molecule has 7 rings (SSSR count). The summed E-state index contributed by atoms with van der Waals surface area (Å²) < 4.78 is 6.50. The normalized spacial score (nSPS) is 35.0. The maximum atomic E-state index is 13.1. The number of piperidine rings is 2. The van der Waals surface area contributed by atoms with Crippen LogP contribution in [0.15, 0.2) is 18.2 Å². The number of benzene rings is 1. The van der Waals surface area contributed by atoms with Crippen LogP contribution in [-0.2, 0) is 16.1 Å². The van der Waals surface area contributed by atoms with E-state index < -0.39 is 5.54 Å². The number of rotatable bonds is 4. The van der Waals surface area contributed by atoms with Crippen LogP contribution in [0.5, 0.6) is 5.75 Å². The zero-order valence-electron chi connectivity index (χ0n) is 17.8. The van der Waals surface area contributed by atoms with Crippen molar-refractivity contribution in [2.24, 2.45) is 5.92 Å². The molecule has 4 heterocycles. The van der Waals surface area contributed by atoms with Crippen molar-refractivity contribution < 1.29 is 19.1 Å². The van der Waals surface area contributed by atoms with E-state index >= 15 is 0 Å². The lowest BCUT2D eigenvalue weighted by molar-refractivity contribution is -0.160. The van der Waals surface area contributed by atoms with Gasteiger partial charge in [0.05, 0.1) is 0 Å². The van der Waals surface area contributed by atoms with Crippen molar-refractivity contribution in [2.45, 2.75) is 75.6 Å². The second kappa shape index (κ2) is 7.05. The summed E-state index contributed by atoms with van der Waals surface area (Å²) in [4.78, 5) is 41.7. The van der Waals surface area contributed by atoms with Crippen LogP contribution in [-0.4, -0.2) is 58.3 Å². The summed E-state index contributed by atoms with van der Waals surface area (Å²) in [6.45, 7) is 2.75. The number of amides is 3. The van der Waals surface area contributed by atoms with E-state index in [1.54, 1.807) is 4.90 Å². The first-order valence-electron chi connectivity index (χ1n) is 11.8. The molecule has 2 unspecified atom stereocenters. The molecule has 1 aromatic carbocycles. The predicted octanol–water partition coefficient (Wildman–Crippen LogP) is 2.23. The van der Waals surface area contributed by atoms with Crippen molar-refractivity contribution >= 4 is 17.7 Å². The Balaban J connectivity index is 1.20. The third-order valence-electron chi connectivity index (χ3n) is 8.16. The van der Waals surface area contributed by atoms with Gasteiger partial charge in [-0.25, -0.2) is 0 Å². The number of hydrogen-bond donors (Lipinski definition) is 1. The van der Waals surface area contributed by atoms with Crippen molar-refractivity contribution in [1.29, 1.82) is 0 Å². The van der Waals surface area contributed by atoms with E-state index in [2.05, 4.69) is 10.2 Å². The van der Waals surface area contributed by atoms with E-state index in [4.69, 9.17) is 4.74 Å². The predicted molar refractivity (Wildman–Crippen MR) is 112 cm³/mol. The lowest BCUT2D eigenvalue weighted by Gasteiger charge is -2.53. The van der Waals surface area contributed by atoms with E-state index in [0.717, 1.165) is 17.7 Å². The van der Waals surface area contributed by atoms with Crippen LogP contribution in [0.2, 0.25) is 0 Å². The molecule has 2 aliphatic carbocycles. The zero-order valence-corrected chi connectivity index (χ0v) is 17.8. The van der Waals surface area contributed by atoms with Crippen molar-refractivity contribution in [3.05, 3.63) is 29.3 Å². The van der Waals surface area contributed by atoms with E-state index in [0.29, 0.717) is 31.0 Å². The summed E-state index contributed by atoms with van der Waals surface area (Å²) in [5.41, 5.74) is 0.702. The average molecular weight is 424 g/mol. The summed E-state index contributed by atoms with van der Waals surface area (Å²) in [6, 6.07) is 6.22.